The third-order valence-corrected chi connectivity index (χ3v) is 4.45. The zero-order valence-electron chi connectivity index (χ0n) is 11.9. The first kappa shape index (κ1) is 15.4. The number of fused-ring (bicyclic) bond motifs is 1. The summed E-state index contributed by atoms with van der Waals surface area (Å²) in [6.07, 6.45) is 0. The number of nitrogens with one attached hydrogen (secondary N) is 3. The van der Waals surface area contributed by atoms with Gasteiger partial charge in [-0.25, -0.2) is 0 Å². The molecule has 3 amide bonds. The predicted molar refractivity (Wildman–Crippen MR) is 81.0 cm³/mol. The van der Waals surface area contributed by atoms with Crippen LogP contribution < -0.4 is 16.0 Å². The van der Waals surface area contributed by atoms with Crippen LogP contribution in [0.2, 0.25) is 0 Å². The van der Waals surface area contributed by atoms with E-state index in [1.807, 2.05) is 18.2 Å². The smallest absolute Gasteiger partial charge is 0.250 e. The van der Waals surface area contributed by atoms with Crippen molar-refractivity contribution in [3.8, 4) is 0 Å². The van der Waals surface area contributed by atoms with Crippen LogP contribution in [0.1, 0.15) is 13.8 Å². The third-order valence-electron chi connectivity index (χ3n) is 3.10. The van der Waals surface area contributed by atoms with Crippen molar-refractivity contribution >= 4 is 35.2 Å². The fraction of sp³-hybridized carbons (Fsp3) is 0.357. The first-order chi connectivity index (χ1) is 9.97. The monoisotopic (exact) mass is 307 g/mol. The Kier molecular flexibility index (Phi) is 4.52. The highest BCUT2D eigenvalue weighted by Gasteiger charge is 2.45. The summed E-state index contributed by atoms with van der Waals surface area (Å²) in [5.41, 5.74) is 0.696. The molecule has 1 aliphatic heterocycles. The average Bonchev–Trinajstić information content (AvgIpc) is 2.46. The van der Waals surface area contributed by atoms with Gasteiger partial charge in [0, 0.05) is 11.4 Å². The lowest BCUT2D eigenvalue weighted by Crippen LogP contribution is -2.53. The number of hydrogen-bond acceptors (Lipinski definition) is 4. The molecule has 1 aliphatic rings. The van der Waals surface area contributed by atoms with E-state index >= 15 is 0 Å². The van der Waals surface area contributed by atoms with Crippen LogP contribution in [0, 0.1) is 0 Å². The molecule has 1 unspecified atom stereocenters. The molecular formula is C14H17N3O3S. The van der Waals surface area contributed by atoms with Crippen LogP contribution in [-0.4, -0.2) is 35.6 Å². The van der Waals surface area contributed by atoms with Crippen molar-refractivity contribution < 1.29 is 14.4 Å². The summed E-state index contributed by atoms with van der Waals surface area (Å²) in [7, 11) is 0. The molecular weight excluding hydrogens is 290 g/mol. The molecule has 0 aromatic heterocycles. The fourth-order valence-electron chi connectivity index (χ4n) is 1.91. The second kappa shape index (κ2) is 6.17. The minimum absolute atomic E-state index is 0.141. The molecule has 0 bridgehead atoms. The summed E-state index contributed by atoms with van der Waals surface area (Å²) in [5.74, 6) is -1.15. The number of benzene rings is 1. The van der Waals surface area contributed by atoms with Crippen molar-refractivity contribution in [1.29, 1.82) is 0 Å². The summed E-state index contributed by atoms with van der Waals surface area (Å²) < 4.78 is -1.29. The highest BCUT2D eigenvalue weighted by atomic mass is 32.2. The lowest BCUT2D eigenvalue weighted by atomic mass is 10.1. The molecule has 1 aromatic rings. The number of anilines is 1. The van der Waals surface area contributed by atoms with Gasteiger partial charge in [0.2, 0.25) is 17.7 Å². The number of rotatable bonds is 4. The van der Waals surface area contributed by atoms with Crippen molar-refractivity contribution in [2.75, 3.05) is 18.4 Å². The second-order valence-electron chi connectivity index (χ2n) is 4.72. The van der Waals surface area contributed by atoms with Crippen LogP contribution in [-0.2, 0) is 14.4 Å². The topological polar surface area (TPSA) is 87.3 Å². The van der Waals surface area contributed by atoms with Gasteiger partial charge in [-0.1, -0.05) is 23.9 Å². The van der Waals surface area contributed by atoms with E-state index in [-0.39, 0.29) is 18.4 Å². The van der Waals surface area contributed by atoms with Crippen molar-refractivity contribution in [2.45, 2.75) is 23.5 Å². The van der Waals surface area contributed by atoms with E-state index in [1.165, 1.54) is 11.8 Å². The maximum absolute atomic E-state index is 12.3. The van der Waals surface area contributed by atoms with Gasteiger partial charge in [0.25, 0.3) is 0 Å². The van der Waals surface area contributed by atoms with Crippen molar-refractivity contribution in [2.24, 2.45) is 0 Å². The first-order valence-corrected chi connectivity index (χ1v) is 7.43. The van der Waals surface area contributed by atoms with Gasteiger partial charge in [0.15, 0.2) is 4.75 Å². The summed E-state index contributed by atoms with van der Waals surface area (Å²) in [6.45, 7) is 3.70. The highest BCUT2D eigenvalue weighted by Crippen LogP contribution is 2.42. The zero-order valence-corrected chi connectivity index (χ0v) is 12.7. The molecule has 1 atom stereocenters. The number of carbonyl (C=O) groups excluding carboxylic acids is 3. The molecule has 0 spiro atoms. The molecule has 21 heavy (non-hydrogen) atoms. The summed E-state index contributed by atoms with van der Waals surface area (Å²) in [5, 5.41) is 7.81. The van der Waals surface area contributed by atoms with Crippen LogP contribution in [0.4, 0.5) is 5.69 Å². The molecule has 3 N–H and O–H groups in total. The van der Waals surface area contributed by atoms with Gasteiger partial charge in [0.05, 0.1) is 12.2 Å². The van der Waals surface area contributed by atoms with Crippen LogP contribution in [0.25, 0.3) is 0 Å². The molecule has 0 fully saturated rings. The zero-order chi connectivity index (χ0) is 15.5. The van der Waals surface area contributed by atoms with E-state index in [9.17, 15) is 14.4 Å². The van der Waals surface area contributed by atoms with Gasteiger partial charge in [-0.05, 0) is 26.0 Å². The number of hydrogen-bond donors (Lipinski definition) is 3. The van der Waals surface area contributed by atoms with Gasteiger partial charge >= 0.3 is 0 Å². The number of likely N-dealkylation sites (N-methyl/N-ethyl adjacent to an activating group) is 1. The van der Waals surface area contributed by atoms with E-state index in [1.54, 1.807) is 19.9 Å². The molecule has 2 rings (SSSR count). The van der Waals surface area contributed by atoms with E-state index < -0.39 is 10.7 Å². The molecule has 6 nitrogen and oxygen atoms in total. The van der Waals surface area contributed by atoms with Gasteiger partial charge in [-0.15, -0.1) is 0 Å². The normalized spacial score (nSPS) is 20.2. The van der Waals surface area contributed by atoms with Crippen molar-refractivity contribution in [3.05, 3.63) is 24.3 Å². The molecule has 112 valence electrons. The van der Waals surface area contributed by atoms with Gasteiger partial charge < -0.3 is 16.0 Å². The molecule has 1 aromatic carbocycles. The Bertz CT molecular complexity index is 591. The van der Waals surface area contributed by atoms with Crippen LogP contribution in [0.5, 0.6) is 0 Å². The summed E-state index contributed by atoms with van der Waals surface area (Å²) in [6, 6.07) is 7.29. The largest absolute Gasteiger partial charge is 0.355 e. The van der Waals surface area contributed by atoms with Gasteiger partial charge in [-0.2, -0.15) is 0 Å². The van der Waals surface area contributed by atoms with Crippen molar-refractivity contribution in [1.82, 2.24) is 10.6 Å². The van der Waals surface area contributed by atoms with E-state index in [0.29, 0.717) is 12.2 Å². The minimum Gasteiger partial charge on any atom is -0.355 e. The maximum Gasteiger partial charge on any atom is 0.250 e. The second-order valence-corrected chi connectivity index (χ2v) is 6.18. The predicted octanol–water partition coefficient (Wildman–Crippen LogP) is 0.742. The summed E-state index contributed by atoms with van der Waals surface area (Å²) >= 11 is 1.18. The number of carbonyl (C=O) groups is 3. The van der Waals surface area contributed by atoms with E-state index in [4.69, 9.17) is 0 Å². The molecule has 1 heterocycles. The van der Waals surface area contributed by atoms with E-state index in [2.05, 4.69) is 16.0 Å². The minimum atomic E-state index is -1.29. The lowest BCUT2D eigenvalue weighted by molar-refractivity contribution is -0.131. The Morgan fingerprint density at radius 2 is 2.00 bits per heavy atom. The number of para-hydroxylation sites is 1. The van der Waals surface area contributed by atoms with Crippen LogP contribution in [0.3, 0.4) is 0 Å². The molecule has 0 saturated carbocycles. The fourth-order valence-corrected chi connectivity index (χ4v) is 3.03. The van der Waals surface area contributed by atoms with E-state index in [0.717, 1.165) is 4.90 Å². The maximum atomic E-state index is 12.3. The SMILES string of the molecule is CCNC(=O)CNC(=O)C1(C)Sc2ccccc2NC1=O. The Morgan fingerprint density at radius 3 is 2.71 bits per heavy atom. The first-order valence-electron chi connectivity index (χ1n) is 6.62. The third kappa shape index (κ3) is 3.18. The van der Waals surface area contributed by atoms with Crippen LogP contribution >= 0.6 is 11.8 Å². The Morgan fingerprint density at radius 1 is 1.29 bits per heavy atom. The summed E-state index contributed by atoms with van der Waals surface area (Å²) in [4.78, 5) is 36.7. The quantitative estimate of drug-likeness (QED) is 0.716. The Hall–Kier alpha value is -2.02. The molecule has 7 heteroatoms. The van der Waals surface area contributed by atoms with Gasteiger partial charge in [0.1, 0.15) is 0 Å². The van der Waals surface area contributed by atoms with Crippen LogP contribution in [0.15, 0.2) is 29.2 Å². The highest BCUT2D eigenvalue weighted by molar-refractivity contribution is 8.02. The number of amides is 3. The average molecular weight is 307 g/mol. The molecule has 0 aliphatic carbocycles. The lowest BCUT2D eigenvalue weighted by Gasteiger charge is -2.31. The van der Waals surface area contributed by atoms with Crippen molar-refractivity contribution in [3.63, 3.8) is 0 Å². The molecule has 0 radical (unpaired) electrons. The standard InChI is InChI=1S/C14H17N3O3S/c1-3-15-11(18)8-16-12(19)14(2)13(20)17-9-6-4-5-7-10(9)21-14/h4-7H,3,8H2,1-2H3,(H,15,18)(H,16,19)(H,17,20). The molecule has 0 saturated heterocycles. The van der Waals surface area contributed by atoms with Gasteiger partial charge in [-0.3, -0.25) is 14.4 Å². The Balaban J connectivity index is 2.09. The Labute approximate surface area is 127 Å². The number of thioether (sulfide) groups is 1.